The molecule has 1 aliphatic heterocycles. The molecule has 0 amide bonds. The van der Waals surface area contributed by atoms with E-state index in [1.54, 1.807) is 0 Å². The zero-order chi connectivity index (χ0) is 11.1. The number of anilines is 1. The standard InChI is InChI=1S/C14H13NO/c1-3-15-10(2)16-14-9-12-7-5-4-6-11(12)8-13(14)15/h4-9H,2-3H2,1H3. The van der Waals surface area contributed by atoms with E-state index in [1.165, 1.54) is 10.8 Å². The van der Waals surface area contributed by atoms with Crippen LogP contribution in [-0.4, -0.2) is 6.54 Å². The fourth-order valence-electron chi connectivity index (χ4n) is 2.16. The summed E-state index contributed by atoms with van der Waals surface area (Å²) in [6.45, 7) is 6.89. The molecule has 0 spiro atoms. The van der Waals surface area contributed by atoms with Gasteiger partial charge in [-0.05, 0) is 36.4 Å². The predicted octanol–water partition coefficient (Wildman–Crippen LogP) is 3.53. The minimum absolute atomic E-state index is 0.716. The Morgan fingerprint density at radius 3 is 2.56 bits per heavy atom. The summed E-state index contributed by atoms with van der Waals surface area (Å²) in [4.78, 5) is 2.09. The largest absolute Gasteiger partial charge is 0.439 e. The number of nitrogens with zero attached hydrogens (tertiary/aromatic N) is 1. The van der Waals surface area contributed by atoms with Crippen LogP contribution >= 0.6 is 0 Å². The lowest BCUT2D eigenvalue weighted by atomic mass is 10.1. The van der Waals surface area contributed by atoms with Crippen molar-refractivity contribution in [2.45, 2.75) is 6.92 Å². The van der Waals surface area contributed by atoms with E-state index in [2.05, 4.69) is 48.7 Å². The van der Waals surface area contributed by atoms with E-state index in [0.717, 1.165) is 18.0 Å². The molecule has 0 radical (unpaired) electrons. The first-order chi connectivity index (χ1) is 7.79. The number of hydrogen-bond donors (Lipinski definition) is 0. The summed E-state index contributed by atoms with van der Waals surface area (Å²) in [5.41, 5.74) is 1.12. The van der Waals surface area contributed by atoms with E-state index in [0.29, 0.717) is 5.88 Å². The van der Waals surface area contributed by atoms with Gasteiger partial charge in [0.15, 0.2) is 11.6 Å². The minimum Gasteiger partial charge on any atom is -0.439 e. The van der Waals surface area contributed by atoms with Gasteiger partial charge in [0.25, 0.3) is 0 Å². The molecule has 3 rings (SSSR count). The molecule has 0 atom stereocenters. The summed E-state index contributed by atoms with van der Waals surface area (Å²) in [5.74, 6) is 1.62. The third-order valence-corrected chi connectivity index (χ3v) is 2.96. The lowest BCUT2D eigenvalue weighted by Crippen LogP contribution is -2.17. The Hall–Kier alpha value is -1.96. The van der Waals surface area contributed by atoms with Crippen LogP contribution in [0.2, 0.25) is 0 Å². The molecule has 2 nitrogen and oxygen atoms in total. The van der Waals surface area contributed by atoms with Crippen LogP contribution < -0.4 is 9.64 Å². The van der Waals surface area contributed by atoms with Gasteiger partial charge in [0.1, 0.15) is 0 Å². The molecule has 0 bridgehead atoms. The van der Waals surface area contributed by atoms with Crippen molar-refractivity contribution >= 4 is 16.5 Å². The highest BCUT2D eigenvalue weighted by molar-refractivity contribution is 5.90. The molecule has 2 aromatic carbocycles. The Labute approximate surface area is 94.8 Å². The Balaban J connectivity index is 2.26. The van der Waals surface area contributed by atoms with Gasteiger partial charge in [-0.3, -0.25) is 0 Å². The van der Waals surface area contributed by atoms with Crippen LogP contribution in [0.5, 0.6) is 5.75 Å². The Kier molecular flexibility index (Phi) is 1.90. The van der Waals surface area contributed by atoms with Gasteiger partial charge in [0, 0.05) is 6.54 Å². The van der Waals surface area contributed by atoms with Gasteiger partial charge < -0.3 is 9.64 Å². The van der Waals surface area contributed by atoms with Gasteiger partial charge in [0.05, 0.1) is 5.69 Å². The third kappa shape index (κ3) is 1.20. The summed E-state index contributed by atoms with van der Waals surface area (Å²) >= 11 is 0. The van der Waals surface area contributed by atoms with E-state index in [-0.39, 0.29) is 0 Å². The Morgan fingerprint density at radius 2 is 1.88 bits per heavy atom. The topological polar surface area (TPSA) is 12.5 Å². The molecule has 0 fully saturated rings. The molecule has 16 heavy (non-hydrogen) atoms. The molecule has 0 aliphatic carbocycles. The predicted molar refractivity (Wildman–Crippen MR) is 66.7 cm³/mol. The van der Waals surface area contributed by atoms with Crippen LogP contribution in [0.1, 0.15) is 6.92 Å². The minimum atomic E-state index is 0.716. The van der Waals surface area contributed by atoms with Crippen molar-refractivity contribution in [2.24, 2.45) is 0 Å². The highest BCUT2D eigenvalue weighted by Gasteiger charge is 2.23. The highest BCUT2D eigenvalue weighted by atomic mass is 16.5. The molecule has 0 N–H and O–H groups in total. The monoisotopic (exact) mass is 211 g/mol. The van der Waals surface area contributed by atoms with Gasteiger partial charge in [-0.1, -0.05) is 24.3 Å². The maximum absolute atomic E-state index is 5.65. The second-order valence-electron chi connectivity index (χ2n) is 3.91. The number of hydrogen-bond acceptors (Lipinski definition) is 2. The van der Waals surface area contributed by atoms with Crippen LogP contribution in [0.4, 0.5) is 5.69 Å². The number of fused-ring (bicyclic) bond motifs is 2. The molecule has 0 unspecified atom stereocenters. The highest BCUT2D eigenvalue weighted by Crippen LogP contribution is 2.40. The Morgan fingerprint density at radius 1 is 1.19 bits per heavy atom. The summed E-state index contributed by atoms with van der Waals surface area (Å²) < 4.78 is 5.65. The first kappa shape index (κ1) is 9.28. The van der Waals surface area contributed by atoms with Gasteiger partial charge in [-0.15, -0.1) is 0 Å². The first-order valence-electron chi connectivity index (χ1n) is 5.46. The molecule has 2 aromatic rings. The van der Waals surface area contributed by atoms with Gasteiger partial charge >= 0.3 is 0 Å². The van der Waals surface area contributed by atoms with Crippen molar-refractivity contribution in [3.63, 3.8) is 0 Å². The van der Waals surface area contributed by atoms with Crippen LogP contribution in [0, 0.1) is 0 Å². The van der Waals surface area contributed by atoms with Gasteiger partial charge in [0.2, 0.25) is 0 Å². The smallest absolute Gasteiger partial charge is 0.193 e. The van der Waals surface area contributed by atoms with Crippen LogP contribution in [0.25, 0.3) is 10.8 Å². The maximum Gasteiger partial charge on any atom is 0.193 e. The second kappa shape index (κ2) is 3.27. The average molecular weight is 211 g/mol. The van der Waals surface area contributed by atoms with Gasteiger partial charge in [-0.25, -0.2) is 0 Å². The number of benzene rings is 2. The average Bonchev–Trinajstić information content (AvgIpc) is 2.60. The number of rotatable bonds is 1. The number of ether oxygens (including phenoxy) is 1. The van der Waals surface area contributed by atoms with Crippen molar-refractivity contribution in [3.05, 3.63) is 48.9 Å². The summed E-state index contributed by atoms with van der Waals surface area (Å²) in [5, 5.41) is 2.44. The fraction of sp³-hybridized carbons (Fsp3) is 0.143. The molecule has 0 saturated carbocycles. The third-order valence-electron chi connectivity index (χ3n) is 2.96. The quantitative estimate of drug-likeness (QED) is 0.715. The van der Waals surface area contributed by atoms with E-state index in [9.17, 15) is 0 Å². The summed E-state index contributed by atoms with van der Waals surface area (Å²) in [6.07, 6.45) is 0. The molecule has 80 valence electrons. The van der Waals surface area contributed by atoms with Crippen molar-refractivity contribution in [1.82, 2.24) is 0 Å². The van der Waals surface area contributed by atoms with E-state index >= 15 is 0 Å². The molecule has 1 heterocycles. The maximum atomic E-state index is 5.65. The summed E-state index contributed by atoms with van der Waals surface area (Å²) in [6, 6.07) is 12.5. The molecule has 1 aliphatic rings. The van der Waals surface area contributed by atoms with E-state index in [4.69, 9.17) is 4.74 Å². The summed E-state index contributed by atoms with van der Waals surface area (Å²) in [7, 11) is 0. The molecule has 0 saturated heterocycles. The van der Waals surface area contributed by atoms with E-state index < -0.39 is 0 Å². The van der Waals surface area contributed by atoms with Gasteiger partial charge in [-0.2, -0.15) is 0 Å². The van der Waals surface area contributed by atoms with Crippen LogP contribution in [-0.2, 0) is 0 Å². The van der Waals surface area contributed by atoms with Crippen molar-refractivity contribution in [1.29, 1.82) is 0 Å². The molecule has 0 aromatic heterocycles. The lowest BCUT2D eigenvalue weighted by molar-refractivity contribution is 0.443. The molecular weight excluding hydrogens is 198 g/mol. The van der Waals surface area contributed by atoms with Crippen molar-refractivity contribution < 1.29 is 4.74 Å². The fourth-order valence-corrected chi connectivity index (χ4v) is 2.16. The normalized spacial score (nSPS) is 14.1. The van der Waals surface area contributed by atoms with Crippen molar-refractivity contribution in [2.75, 3.05) is 11.4 Å². The van der Waals surface area contributed by atoms with E-state index in [1.807, 2.05) is 6.07 Å². The van der Waals surface area contributed by atoms with Crippen LogP contribution in [0.3, 0.4) is 0 Å². The first-order valence-corrected chi connectivity index (χ1v) is 5.46. The Bertz CT molecular complexity index is 574. The zero-order valence-electron chi connectivity index (χ0n) is 9.23. The molecular formula is C14H13NO. The lowest BCUT2D eigenvalue weighted by Gasteiger charge is -2.14. The SMILES string of the molecule is C=C1Oc2cc3ccccc3cc2N1CC. The van der Waals surface area contributed by atoms with Crippen LogP contribution in [0.15, 0.2) is 48.9 Å². The van der Waals surface area contributed by atoms with Crippen molar-refractivity contribution in [3.8, 4) is 5.75 Å². The zero-order valence-corrected chi connectivity index (χ0v) is 9.23. The second-order valence-corrected chi connectivity index (χ2v) is 3.91. The molecule has 2 heteroatoms.